The van der Waals surface area contributed by atoms with Gasteiger partial charge in [-0.05, 0) is 12.5 Å². The lowest BCUT2D eigenvalue weighted by Crippen LogP contribution is -2.04. The van der Waals surface area contributed by atoms with Crippen LogP contribution in [-0.2, 0) is 13.2 Å². The summed E-state index contributed by atoms with van der Waals surface area (Å²) < 4.78 is 7.90. The molecule has 0 aliphatic carbocycles. The first kappa shape index (κ1) is 12.2. The van der Waals surface area contributed by atoms with Crippen LogP contribution in [0, 0.1) is 6.92 Å². The summed E-state index contributed by atoms with van der Waals surface area (Å²) in [6.45, 7) is 2.97. The van der Waals surface area contributed by atoms with Crippen molar-refractivity contribution in [3.05, 3.63) is 52.8 Å². The van der Waals surface area contributed by atoms with Crippen molar-refractivity contribution in [2.75, 3.05) is 0 Å². The number of hydrogen-bond donors (Lipinski definition) is 1. The van der Waals surface area contributed by atoms with E-state index in [-0.39, 0.29) is 0 Å². The summed E-state index contributed by atoms with van der Waals surface area (Å²) in [5.41, 5.74) is 8.79. The quantitative estimate of drug-likeness (QED) is 0.795. The van der Waals surface area contributed by atoms with Gasteiger partial charge < -0.3 is 10.5 Å². The number of para-hydroxylation sites is 1. The molecule has 0 amide bonds. The van der Waals surface area contributed by atoms with Gasteiger partial charge >= 0.3 is 0 Å². The molecule has 1 aromatic carbocycles. The highest BCUT2D eigenvalue weighted by molar-refractivity contribution is 7.15. The number of thiazole rings is 1. The van der Waals surface area contributed by atoms with Crippen LogP contribution in [0.4, 0.5) is 0 Å². The van der Waals surface area contributed by atoms with Gasteiger partial charge in [0.15, 0.2) is 4.96 Å². The SMILES string of the molecule is Cc1cccc(CN)c1OCc1cn2ccsc2n1. The summed E-state index contributed by atoms with van der Waals surface area (Å²) in [5, 5.41) is 2.01. The zero-order valence-corrected chi connectivity index (χ0v) is 11.5. The summed E-state index contributed by atoms with van der Waals surface area (Å²) in [6.07, 6.45) is 3.99. The summed E-state index contributed by atoms with van der Waals surface area (Å²) in [4.78, 5) is 5.49. The minimum absolute atomic E-state index is 0.465. The number of rotatable bonds is 4. The Morgan fingerprint density at radius 3 is 3.11 bits per heavy atom. The van der Waals surface area contributed by atoms with Crippen LogP contribution in [0.2, 0.25) is 0 Å². The summed E-state index contributed by atoms with van der Waals surface area (Å²) in [6, 6.07) is 6.02. The van der Waals surface area contributed by atoms with Gasteiger partial charge in [0.05, 0.1) is 5.69 Å². The van der Waals surface area contributed by atoms with Crippen molar-refractivity contribution in [1.29, 1.82) is 0 Å². The third kappa shape index (κ3) is 2.34. The minimum atomic E-state index is 0.465. The average molecular weight is 273 g/mol. The van der Waals surface area contributed by atoms with Crippen molar-refractivity contribution < 1.29 is 4.74 Å². The fourth-order valence-corrected chi connectivity index (χ4v) is 2.79. The molecule has 4 nitrogen and oxygen atoms in total. The Labute approximate surface area is 115 Å². The third-order valence-corrected chi connectivity index (χ3v) is 3.79. The van der Waals surface area contributed by atoms with Gasteiger partial charge in [-0.1, -0.05) is 18.2 Å². The van der Waals surface area contributed by atoms with Gasteiger partial charge in [0, 0.05) is 29.9 Å². The highest BCUT2D eigenvalue weighted by atomic mass is 32.1. The van der Waals surface area contributed by atoms with Crippen molar-refractivity contribution in [1.82, 2.24) is 9.38 Å². The van der Waals surface area contributed by atoms with Crippen molar-refractivity contribution >= 4 is 16.3 Å². The molecule has 3 rings (SSSR count). The predicted molar refractivity (Wildman–Crippen MR) is 76.5 cm³/mol. The largest absolute Gasteiger partial charge is 0.487 e. The zero-order valence-electron chi connectivity index (χ0n) is 10.7. The smallest absolute Gasteiger partial charge is 0.193 e. The molecule has 0 saturated heterocycles. The molecular formula is C14H15N3OS. The summed E-state index contributed by atoms with van der Waals surface area (Å²) in [7, 11) is 0. The van der Waals surface area contributed by atoms with E-state index in [2.05, 4.69) is 4.98 Å². The van der Waals surface area contributed by atoms with Crippen LogP contribution in [0.3, 0.4) is 0 Å². The van der Waals surface area contributed by atoms with Gasteiger partial charge in [-0.25, -0.2) is 4.98 Å². The molecule has 2 N–H and O–H groups in total. The second-order valence-electron chi connectivity index (χ2n) is 4.38. The number of ether oxygens (including phenoxy) is 1. The summed E-state index contributed by atoms with van der Waals surface area (Å²) in [5.74, 6) is 0.876. The van der Waals surface area contributed by atoms with Crippen LogP contribution in [-0.4, -0.2) is 9.38 Å². The number of aryl methyl sites for hydroxylation is 1. The van der Waals surface area contributed by atoms with E-state index in [0.29, 0.717) is 13.2 Å². The van der Waals surface area contributed by atoms with Gasteiger partial charge in [-0.15, -0.1) is 11.3 Å². The second kappa shape index (κ2) is 5.03. The van der Waals surface area contributed by atoms with E-state index in [1.807, 2.05) is 47.3 Å². The van der Waals surface area contributed by atoms with Crippen LogP contribution in [0.5, 0.6) is 5.75 Å². The number of benzene rings is 1. The van der Waals surface area contributed by atoms with Crippen molar-refractivity contribution in [2.45, 2.75) is 20.1 Å². The number of hydrogen-bond acceptors (Lipinski definition) is 4. The molecule has 2 aromatic heterocycles. The van der Waals surface area contributed by atoms with Crippen molar-refractivity contribution in [2.24, 2.45) is 5.73 Å². The van der Waals surface area contributed by atoms with Crippen LogP contribution in [0.15, 0.2) is 36.0 Å². The third-order valence-electron chi connectivity index (χ3n) is 3.02. The predicted octanol–water partition coefficient (Wildman–Crippen LogP) is 2.74. The van der Waals surface area contributed by atoms with Gasteiger partial charge in [0.25, 0.3) is 0 Å². The fraction of sp³-hybridized carbons (Fsp3) is 0.214. The van der Waals surface area contributed by atoms with E-state index >= 15 is 0 Å². The molecule has 0 bridgehead atoms. The number of nitrogens with two attached hydrogens (primary N) is 1. The van der Waals surface area contributed by atoms with Crippen LogP contribution >= 0.6 is 11.3 Å². The molecule has 0 radical (unpaired) electrons. The maximum absolute atomic E-state index is 5.89. The first-order chi connectivity index (χ1) is 9.28. The number of imidazole rings is 1. The molecule has 0 aliphatic rings. The van der Waals surface area contributed by atoms with Gasteiger partial charge in [-0.2, -0.15) is 0 Å². The Morgan fingerprint density at radius 2 is 2.32 bits per heavy atom. The maximum atomic E-state index is 5.89. The molecule has 3 aromatic rings. The zero-order chi connectivity index (χ0) is 13.2. The lowest BCUT2D eigenvalue weighted by atomic mass is 10.1. The first-order valence-corrected chi connectivity index (χ1v) is 6.98. The van der Waals surface area contributed by atoms with Crippen LogP contribution < -0.4 is 10.5 Å². The molecular weight excluding hydrogens is 258 g/mol. The normalized spacial score (nSPS) is 11.1. The first-order valence-electron chi connectivity index (χ1n) is 6.10. The van der Waals surface area contributed by atoms with E-state index in [0.717, 1.165) is 27.5 Å². The van der Waals surface area contributed by atoms with Gasteiger partial charge in [0.1, 0.15) is 12.4 Å². The Bertz CT molecular complexity index is 673. The highest BCUT2D eigenvalue weighted by Crippen LogP contribution is 2.24. The van der Waals surface area contributed by atoms with Crippen molar-refractivity contribution in [3.8, 4) is 5.75 Å². The maximum Gasteiger partial charge on any atom is 0.193 e. The van der Waals surface area contributed by atoms with Gasteiger partial charge in [-0.3, -0.25) is 4.40 Å². The van der Waals surface area contributed by atoms with Crippen molar-refractivity contribution in [3.63, 3.8) is 0 Å². The Morgan fingerprint density at radius 1 is 1.42 bits per heavy atom. The van der Waals surface area contributed by atoms with E-state index in [1.54, 1.807) is 11.3 Å². The lowest BCUT2D eigenvalue weighted by Gasteiger charge is -2.12. The topological polar surface area (TPSA) is 52.5 Å². The number of nitrogens with zero attached hydrogens (tertiary/aromatic N) is 2. The fourth-order valence-electron chi connectivity index (χ4n) is 2.07. The molecule has 0 unspecified atom stereocenters. The lowest BCUT2D eigenvalue weighted by molar-refractivity contribution is 0.297. The molecule has 2 heterocycles. The van der Waals surface area contributed by atoms with Crippen LogP contribution in [0.25, 0.3) is 4.96 Å². The Kier molecular flexibility index (Phi) is 3.23. The monoisotopic (exact) mass is 273 g/mol. The molecule has 5 heteroatoms. The molecule has 0 atom stereocenters. The molecule has 0 aliphatic heterocycles. The van der Waals surface area contributed by atoms with E-state index in [1.165, 1.54) is 0 Å². The molecule has 0 spiro atoms. The molecule has 98 valence electrons. The van der Waals surface area contributed by atoms with Gasteiger partial charge in [0.2, 0.25) is 0 Å². The average Bonchev–Trinajstić information content (AvgIpc) is 2.97. The van der Waals surface area contributed by atoms with E-state index in [4.69, 9.17) is 10.5 Å². The summed E-state index contributed by atoms with van der Waals surface area (Å²) >= 11 is 1.62. The second-order valence-corrected chi connectivity index (χ2v) is 5.25. The standard InChI is InChI=1S/C14H15N3OS/c1-10-3-2-4-11(7-15)13(10)18-9-12-8-17-5-6-19-14(17)16-12/h2-6,8H,7,9,15H2,1H3. The highest BCUT2D eigenvalue weighted by Gasteiger charge is 2.08. The Hall–Kier alpha value is -1.85. The van der Waals surface area contributed by atoms with E-state index in [9.17, 15) is 0 Å². The molecule has 19 heavy (non-hydrogen) atoms. The molecule has 0 saturated carbocycles. The van der Waals surface area contributed by atoms with E-state index < -0.39 is 0 Å². The minimum Gasteiger partial charge on any atom is -0.487 e. The number of aromatic nitrogens is 2. The van der Waals surface area contributed by atoms with Crippen LogP contribution in [0.1, 0.15) is 16.8 Å². The molecule has 0 fully saturated rings. The Balaban J connectivity index is 1.80. The number of fused-ring (bicyclic) bond motifs is 1.